The summed E-state index contributed by atoms with van der Waals surface area (Å²) >= 11 is 0. The molecule has 2 rings (SSSR count). The Morgan fingerprint density at radius 2 is 1.94 bits per heavy atom. The zero-order valence-electron chi connectivity index (χ0n) is 8.91. The molecule has 0 unspecified atom stereocenters. The molecule has 0 saturated heterocycles. The highest BCUT2D eigenvalue weighted by atomic mass is 19.3. The minimum absolute atomic E-state index is 0.0842. The summed E-state index contributed by atoms with van der Waals surface area (Å²) < 4.78 is 37.9. The molecule has 6 heteroatoms. The smallest absolute Gasteiger partial charge is 0.244 e. The Balaban J connectivity index is 2.12. The van der Waals surface area contributed by atoms with Gasteiger partial charge in [0.2, 0.25) is 0 Å². The zero-order chi connectivity index (χ0) is 12.5. The molecule has 1 saturated carbocycles. The molecule has 3 nitrogen and oxygen atoms in total. The van der Waals surface area contributed by atoms with Gasteiger partial charge in [0.05, 0.1) is 12.0 Å². The fourth-order valence-corrected chi connectivity index (χ4v) is 1.58. The normalized spacial score (nSPS) is 18.8. The molecule has 1 atom stereocenters. The van der Waals surface area contributed by atoms with Gasteiger partial charge in [-0.2, -0.15) is 5.26 Å². The second-order valence-corrected chi connectivity index (χ2v) is 4.21. The van der Waals surface area contributed by atoms with Crippen LogP contribution in [0.4, 0.5) is 13.2 Å². The molecule has 0 aromatic carbocycles. The Morgan fingerprint density at radius 1 is 1.35 bits per heavy atom. The summed E-state index contributed by atoms with van der Waals surface area (Å²) in [5.74, 6) is -1.25. The maximum atomic E-state index is 13.5. The molecule has 1 aliphatic carbocycles. The molecule has 90 valence electrons. The highest BCUT2D eigenvalue weighted by Crippen LogP contribution is 2.46. The summed E-state index contributed by atoms with van der Waals surface area (Å²) in [4.78, 5) is 6.93. The van der Waals surface area contributed by atoms with Crippen molar-refractivity contribution in [1.29, 1.82) is 5.26 Å². The molecular formula is C11H10F3N3. The first-order valence-corrected chi connectivity index (χ1v) is 5.22. The van der Waals surface area contributed by atoms with Crippen molar-refractivity contribution in [2.24, 2.45) is 0 Å². The van der Waals surface area contributed by atoms with Crippen LogP contribution >= 0.6 is 0 Å². The van der Waals surface area contributed by atoms with Crippen LogP contribution in [0.1, 0.15) is 43.0 Å². The molecule has 1 aliphatic rings. The van der Waals surface area contributed by atoms with E-state index < -0.39 is 23.8 Å². The van der Waals surface area contributed by atoms with E-state index in [2.05, 4.69) is 9.97 Å². The summed E-state index contributed by atoms with van der Waals surface area (Å²) in [7, 11) is 0. The van der Waals surface area contributed by atoms with E-state index in [4.69, 9.17) is 5.26 Å². The fraction of sp³-hybridized carbons (Fsp3) is 0.545. The molecule has 0 N–H and O–H groups in total. The van der Waals surface area contributed by atoms with Crippen molar-refractivity contribution in [3.63, 3.8) is 0 Å². The van der Waals surface area contributed by atoms with Gasteiger partial charge in [-0.25, -0.2) is 23.1 Å². The van der Waals surface area contributed by atoms with Gasteiger partial charge in [-0.1, -0.05) is 0 Å². The minimum atomic E-state index is -2.74. The van der Waals surface area contributed by atoms with E-state index in [1.807, 2.05) is 6.07 Å². The van der Waals surface area contributed by atoms with E-state index in [1.165, 1.54) is 12.4 Å². The van der Waals surface area contributed by atoms with Crippen LogP contribution in [0.25, 0.3) is 0 Å². The fourth-order valence-electron chi connectivity index (χ4n) is 1.58. The lowest BCUT2D eigenvalue weighted by atomic mass is 9.96. The minimum Gasteiger partial charge on any atom is -0.244 e. The van der Waals surface area contributed by atoms with E-state index in [-0.39, 0.29) is 6.42 Å². The summed E-state index contributed by atoms with van der Waals surface area (Å²) in [6.45, 7) is 0. The Morgan fingerprint density at radius 3 is 2.35 bits per heavy atom. The van der Waals surface area contributed by atoms with Crippen LogP contribution in [-0.4, -0.2) is 15.6 Å². The quantitative estimate of drug-likeness (QED) is 0.814. The van der Waals surface area contributed by atoms with Gasteiger partial charge >= 0.3 is 0 Å². The van der Waals surface area contributed by atoms with Crippen molar-refractivity contribution in [3.8, 4) is 6.07 Å². The van der Waals surface area contributed by atoms with Crippen molar-refractivity contribution >= 4 is 0 Å². The van der Waals surface area contributed by atoms with Crippen molar-refractivity contribution < 1.29 is 13.2 Å². The second-order valence-electron chi connectivity index (χ2n) is 4.21. The number of hydrogen-bond acceptors (Lipinski definition) is 3. The van der Waals surface area contributed by atoms with E-state index in [0.717, 1.165) is 0 Å². The van der Waals surface area contributed by atoms with Crippen LogP contribution in [0.15, 0.2) is 12.4 Å². The molecule has 1 heterocycles. The van der Waals surface area contributed by atoms with Gasteiger partial charge in [0.1, 0.15) is 5.67 Å². The van der Waals surface area contributed by atoms with Crippen molar-refractivity contribution in [2.45, 2.75) is 37.3 Å². The first-order valence-electron chi connectivity index (χ1n) is 5.22. The molecule has 1 aromatic heterocycles. The Bertz CT molecular complexity index is 434. The number of hydrogen-bond donors (Lipinski definition) is 0. The molecule has 0 aliphatic heterocycles. The summed E-state index contributed by atoms with van der Waals surface area (Å²) in [5.41, 5.74) is -0.872. The molecular weight excluding hydrogens is 231 g/mol. The van der Waals surface area contributed by atoms with Crippen molar-refractivity contribution in [2.75, 3.05) is 0 Å². The number of aromatic nitrogens is 2. The number of halogens is 3. The van der Waals surface area contributed by atoms with Crippen LogP contribution < -0.4 is 0 Å². The third kappa shape index (κ3) is 2.73. The molecule has 1 fully saturated rings. The average Bonchev–Trinajstić information content (AvgIpc) is 3.05. The van der Waals surface area contributed by atoms with Gasteiger partial charge in [0.15, 0.2) is 5.82 Å². The molecule has 0 amide bonds. The van der Waals surface area contributed by atoms with Gasteiger partial charge in [0.25, 0.3) is 6.43 Å². The number of rotatable bonds is 4. The summed E-state index contributed by atoms with van der Waals surface area (Å²) in [6, 6.07) is 1.96. The number of nitriles is 1. The van der Waals surface area contributed by atoms with Gasteiger partial charge in [0, 0.05) is 24.4 Å². The van der Waals surface area contributed by atoms with Crippen molar-refractivity contribution in [3.05, 3.63) is 23.8 Å². The highest BCUT2D eigenvalue weighted by molar-refractivity contribution is 5.21. The predicted molar refractivity (Wildman–Crippen MR) is 53.0 cm³/mol. The Labute approximate surface area is 96.3 Å². The molecule has 0 radical (unpaired) electrons. The zero-order valence-corrected chi connectivity index (χ0v) is 8.91. The maximum Gasteiger partial charge on any atom is 0.297 e. The van der Waals surface area contributed by atoms with Crippen molar-refractivity contribution in [1.82, 2.24) is 9.97 Å². The molecule has 1 aromatic rings. The van der Waals surface area contributed by atoms with Crippen LogP contribution in [0, 0.1) is 11.3 Å². The first kappa shape index (κ1) is 11.8. The van der Waals surface area contributed by atoms with E-state index in [9.17, 15) is 13.2 Å². The second kappa shape index (κ2) is 4.32. The Hall–Kier alpha value is -1.64. The van der Waals surface area contributed by atoms with Gasteiger partial charge in [-0.3, -0.25) is 0 Å². The van der Waals surface area contributed by atoms with Gasteiger partial charge in [-0.05, 0) is 12.8 Å². The lowest BCUT2D eigenvalue weighted by molar-refractivity contribution is 0.140. The first-order chi connectivity index (χ1) is 8.04. The highest BCUT2D eigenvalue weighted by Gasteiger charge is 2.45. The predicted octanol–water partition coefficient (Wildman–Crippen LogP) is 2.91. The van der Waals surface area contributed by atoms with Crippen LogP contribution in [0.2, 0.25) is 0 Å². The lowest BCUT2D eigenvalue weighted by Gasteiger charge is -2.11. The van der Waals surface area contributed by atoms with E-state index >= 15 is 0 Å². The number of nitrogens with zero attached hydrogens (tertiary/aromatic N) is 3. The molecule has 0 bridgehead atoms. The SMILES string of the molecule is N#C[C@H](CC1(F)CC1)c1cnc(C(F)F)nc1. The third-order valence-corrected chi connectivity index (χ3v) is 2.81. The monoisotopic (exact) mass is 241 g/mol. The van der Waals surface area contributed by atoms with Gasteiger partial charge in [-0.15, -0.1) is 0 Å². The molecule has 17 heavy (non-hydrogen) atoms. The Kier molecular flexibility index (Phi) is 3.01. The summed E-state index contributed by atoms with van der Waals surface area (Å²) in [5, 5.41) is 8.93. The van der Waals surface area contributed by atoms with Gasteiger partial charge < -0.3 is 0 Å². The lowest BCUT2D eigenvalue weighted by Crippen LogP contribution is -2.08. The van der Waals surface area contributed by atoms with Crippen LogP contribution in [-0.2, 0) is 0 Å². The van der Waals surface area contributed by atoms with Crippen LogP contribution in [0.5, 0.6) is 0 Å². The van der Waals surface area contributed by atoms with E-state index in [1.54, 1.807) is 0 Å². The maximum absolute atomic E-state index is 13.5. The van der Waals surface area contributed by atoms with E-state index in [0.29, 0.717) is 18.4 Å². The standard InChI is InChI=1S/C11H10F3N3/c12-9(13)10-16-5-8(6-17-10)7(4-15)3-11(14)1-2-11/h5-7,9H,1-3H2/t7-/m0/s1. The third-order valence-electron chi connectivity index (χ3n) is 2.81. The van der Waals surface area contributed by atoms with Crippen LogP contribution in [0.3, 0.4) is 0 Å². The molecule has 0 spiro atoms. The topological polar surface area (TPSA) is 49.6 Å². The largest absolute Gasteiger partial charge is 0.297 e. The number of alkyl halides is 3. The summed E-state index contributed by atoms with van der Waals surface area (Å²) in [6.07, 6.45) is 0.617. The average molecular weight is 241 g/mol.